The van der Waals surface area contributed by atoms with Crippen LogP contribution in [0.3, 0.4) is 0 Å². The zero-order chi connectivity index (χ0) is 23.3. The Balaban J connectivity index is 1.73. The van der Waals surface area contributed by atoms with Gasteiger partial charge in [0.15, 0.2) is 5.11 Å². The van der Waals surface area contributed by atoms with Crippen molar-refractivity contribution in [3.63, 3.8) is 0 Å². The Morgan fingerprint density at radius 1 is 1.03 bits per heavy atom. The minimum absolute atomic E-state index is 0.287. The van der Waals surface area contributed by atoms with Crippen molar-refractivity contribution in [2.24, 2.45) is 0 Å². The van der Waals surface area contributed by atoms with E-state index in [0.717, 1.165) is 23.4 Å². The molecule has 0 aliphatic carbocycles. The van der Waals surface area contributed by atoms with Gasteiger partial charge in [-0.25, -0.2) is 9.59 Å². The normalized spacial score (nSPS) is 15.8. The van der Waals surface area contributed by atoms with Gasteiger partial charge in [-0.15, -0.1) is 0 Å². The van der Waals surface area contributed by atoms with Gasteiger partial charge in [0.05, 0.1) is 18.2 Å². The van der Waals surface area contributed by atoms with Crippen molar-refractivity contribution in [3.05, 3.63) is 70.9 Å². The number of esters is 1. The highest BCUT2D eigenvalue weighted by Crippen LogP contribution is 2.31. The Bertz CT molecular complexity index is 1030. The summed E-state index contributed by atoms with van der Waals surface area (Å²) in [7, 11) is 1.81. The lowest BCUT2D eigenvalue weighted by atomic mass is 9.95. The summed E-state index contributed by atoms with van der Waals surface area (Å²) in [5, 5.41) is 9.37. The summed E-state index contributed by atoms with van der Waals surface area (Å²) >= 11 is 5.41. The molecule has 7 nitrogen and oxygen atoms in total. The highest BCUT2D eigenvalue weighted by Gasteiger charge is 2.33. The molecule has 8 heteroatoms. The van der Waals surface area contributed by atoms with E-state index in [1.807, 2.05) is 50.4 Å². The van der Waals surface area contributed by atoms with Crippen LogP contribution in [0.5, 0.6) is 0 Å². The van der Waals surface area contributed by atoms with E-state index in [1.165, 1.54) is 5.56 Å². The number of ether oxygens (including phenoxy) is 1. The van der Waals surface area contributed by atoms with Crippen LogP contribution >= 0.6 is 12.2 Å². The Kier molecular flexibility index (Phi) is 7.48. The van der Waals surface area contributed by atoms with Gasteiger partial charge < -0.3 is 25.6 Å². The highest BCUT2D eigenvalue weighted by atomic mass is 32.1. The number of urea groups is 1. The number of carbonyl (C=O) groups excluding carboxylic acids is 2. The van der Waals surface area contributed by atoms with Crippen LogP contribution in [0.15, 0.2) is 59.8 Å². The predicted octanol–water partition coefficient (Wildman–Crippen LogP) is 4.59. The Morgan fingerprint density at radius 2 is 1.59 bits per heavy atom. The summed E-state index contributed by atoms with van der Waals surface area (Å²) in [6.45, 7) is 5.99. The van der Waals surface area contributed by atoms with E-state index < -0.39 is 6.04 Å². The van der Waals surface area contributed by atoms with E-state index in [2.05, 4.69) is 22.9 Å². The smallest absolute Gasteiger partial charge is 0.338 e. The lowest BCUT2D eigenvalue weighted by Gasteiger charge is -2.35. The number of rotatable bonds is 6. The second kappa shape index (κ2) is 10.3. The molecule has 0 bridgehead atoms. The minimum Gasteiger partial charge on any atom is -0.463 e. The van der Waals surface area contributed by atoms with Gasteiger partial charge in [-0.3, -0.25) is 0 Å². The topological polar surface area (TPSA) is 82.7 Å². The average molecular weight is 453 g/mol. The number of aryl methyl sites for hydroxylation is 1. The Morgan fingerprint density at radius 3 is 2.12 bits per heavy atom. The molecule has 1 heterocycles. The first kappa shape index (κ1) is 23.3. The van der Waals surface area contributed by atoms with Gasteiger partial charge in [0.25, 0.3) is 0 Å². The molecule has 0 aromatic heterocycles. The number of amides is 2. The molecular weight excluding hydrogens is 424 g/mol. The Hall–Kier alpha value is -3.39. The molecule has 1 unspecified atom stereocenters. The summed E-state index contributed by atoms with van der Waals surface area (Å²) in [4.78, 5) is 26.7. The molecule has 32 heavy (non-hydrogen) atoms. The van der Waals surface area contributed by atoms with E-state index in [-0.39, 0.29) is 18.6 Å². The molecule has 1 aliphatic rings. The van der Waals surface area contributed by atoms with Crippen LogP contribution in [0, 0.1) is 0 Å². The van der Waals surface area contributed by atoms with Crippen LogP contribution in [0.4, 0.5) is 16.2 Å². The average Bonchev–Trinajstić information content (AvgIpc) is 2.78. The molecule has 1 aliphatic heterocycles. The molecule has 0 fully saturated rings. The number of hydrogen-bond donors (Lipinski definition) is 3. The fourth-order valence-corrected chi connectivity index (χ4v) is 3.69. The van der Waals surface area contributed by atoms with Crippen LogP contribution in [-0.2, 0) is 16.0 Å². The van der Waals surface area contributed by atoms with Crippen LogP contribution in [0.2, 0.25) is 0 Å². The lowest BCUT2D eigenvalue weighted by Crippen LogP contribution is -2.46. The van der Waals surface area contributed by atoms with Crippen LogP contribution in [0.25, 0.3) is 0 Å². The van der Waals surface area contributed by atoms with E-state index in [0.29, 0.717) is 16.4 Å². The number of nitrogens with one attached hydrogen (secondary N) is 3. The molecule has 0 saturated heterocycles. The zero-order valence-electron chi connectivity index (χ0n) is 18.7. The molecule has 2 amide bonds. The van der Waals surface area contributed by atoms with E-state index in [4.69, 9.17) is 17.0 Å². The summed E-state index contributed by atoms with van der Waals surface area (Å²) in [5.41, 5.74) is 4.65. The van der Waals surface area contributed by atoms with E-state index in [1.54, 1.807) is 24.0 Å². The van der Waals surface area contributed by atoms with E-state index >= 15 is 0 Å². The first-order chi connectivity index (χ1) is 15.3. The summed E-state index contributed by atoms with van der Waals surface area (Å²) in [6.07, 6.45) is 0.947. The lowest BCUT2D eigenvalue weighted by molar-refractivity contribution is -0.139. The third-order valence-corrected chi connectivity index (χ3v) is 5.76. The maximum absolute atomic E-state index is 12.6. The quantitative estimate of drug-likeness (QED) is 0.439. The van der Waals surface area contributed by atoms with Crippen molar-refractivity contribution in [2.45, 2.75) is 33.2 Å². The second-order valence-corrected chi connectivity index (χ2v) is 7.80. The van der Waals surface area contributed by atoms with Crippen LogP contribution < -0.4 is 16.0 Å². The number of thiocarbonyl (C=S) groups is 1. The summed E-state index contributed by atoms with van der Waals surface area (Å²) < 4.78 is 5.26. The van der Waals surface area contributed by atoms with Crippen LogP contribution in [0.1, 0.15) is 37.9 Å². The molecule has 0 saturated carbocycles. The predicted molar refractivity (Wildman–Crippen MR) is 130 cm³/mol. The van der Waals surface area contributed by atoms with Gasteiger partial charge in [-0.1, -0.05) is 31.2 Å². The summed E-state index contributed by atoms with van der Waals surface area (Å²) in [6, 6.07) is 14.2. The fraction of sp³-hybridized carbons (Fsp3) is 0.292. The number of allylic oxidation sites excluding steroid dienone is 1. The monoisotopic (exact) mass is 452 g/mol. The van der Waals surface area contributed by atoms with Gasteiger partial charge in [0, 0.05) is 24.1 Å². The second-order valence-electron chi connectivity index (χ2n) is 7.41. The van der Waals surface area contributed by atoms with Crippen LogP contribution in [-0.4, -0.2) is 35.7 Å². The van der Waals surface area contributed by atoms with Gasteiger partial charge in [0.1, 0.15) is 0 Å². The molecular formula is C24H28N4O3S. The SMILES string of the molecule is CCOC(=O)C1=C(C)N(C)C(=S)NC1c1ccc(NC(=O)Nc2ccc(CC)cc2)cc1. The standard InChI is InChI=1S/C24H28N4O3S/c1-5-16-7-11-18(12-8-16)25-23(30)26-19-13-9-17(10-14-19)21-20(22(29)31-6-2)15(3)28(4)24(32)27-21/h7-14,21H,5-6H2,1-4H3,(H,27,32)(H2,25,26,30). The van der Waals surface area contributed by atoms with Gasteiger partial charge in [-0.2, -0.15) is 0 Å². The van der Waals surface area contributed by atoms with Crippen molar-refractivity contribution in [2.75, 3.05) is 24.3 Å². The number of nitrogens with zero attached hydrogens (tertiary/aromatic N) is 1. The first-order valence-electron chi connectivity index (χ1n) is 10.5. The van der Waals surface area contributed by atoms with Gasteiger partial charge >= 0.3 is 12.0 Å². The van der Waals surface area contributed by atoms with Gasteiger partial charge in [-0.05, 0) is 67.9 Å². The number of benzene rings is 2. The number of anilines is 2. The first-order valence-corrected chi connectivity index (χ1v) is 10.9. The molecule has 3 N–H and O–H groups in total. The number of carbonyl (C=O) groups is 2. The Labute approximate surface area is 193 Å². The molecule has 1 atom stereocenters. The van der Waals surface area contributed by atoms with Crippen molar-refractivity contribution < 1.29 is 14.3 Å². The van der Waals surface area contributed by atoms with Crippen molar-refractivity contribution in [1.82, 2.24) is 10.2 Å². The summed E-state index contributed by atoms with van der Waals surface area (Å²) in [5.74, 6) is -0.382. The molecule has 2 aromatic carbocycles. The largest absolute Gasteiger partial charge is 0.463 e. The van der Waals surface area contributed by atoms with E-state index in [9.17, 15) is 9.59 Å². The zero-order valence-corrected chi connectivity index (χ0v) is 19.5. The third kappa shape index (κ3) is 5.26. The molecule has 168 valence electrons. The maximum Gasteiger partial charge on any atom is 0.338 e. The van der Waals surface area contributed by atoms with Crippen molar-refractivity contribution in [1.29, 1.82) is 0 Å². The molecule has 0 radical (unpaired) electrons. The third-order valence-electron chi connectivity index (χ3n) is 5.37. The molecule has 2 aromatic rings. The maximum atomic E-state index is 12.6. The fourth-order valence-electron chi connectivity index (χ4n) is 3.43. The molecule has 3 rings (SSSR count). The van der Waals surface area contributed by atoms with Crippen molar-refractivity contribution in [3.8, 4) is 0 Å². The van der Waals surface area contributed by atoms with Gasteiger partial charge in [0.2, 0.25) is 0 Å². The van der Waals surface area contributed by atoms with Crippen molar-refractivity contribution >= 4 is 40.7 Å². The highest BCUT2D eigenvalue weighted by molar-refractivity contribution is 7.80. The number of hydrogen-bond acceptors (Lipinski definition) is 4. The minimum atomic E-state index is -0.433. The molecule has 0 spiro atoms.